The predicted octanol–water partition coefficient (Wildman–Crippen LogP) is 4.36. The Morgan fingerprint density at radius 3 is 2.21 bits per heavy atom. The van der Waals surface area contributed by atoms with E-state index in [2.05, 4.69) is 0 Å². The van der Waals surface area contributed by atoms with Gasteiger partial charge in [0.25, 0.3) is 0 Å². The first-order chi connectivity index (χ1) is 16.4. The van der Waals surface area contributed by atoms with Gasteiger partial charge >= 0.3 is 11.7 Å². The molecule has 8 nitrogen and oxygen atoms in total. The summed E-state index contributed by atoms with van der Waals surface area (Å²) in [6, 6.07) is 14.2. The number of imidazole rings is 1. The van der Waals surface area contributed by atoms with Gasteiger partial charge in [-0.15, -0.1) is 0 Å². The fourth-order valence-electron chi connectivity index (χ4n) is 4.12. The second kappa shape index (κ2) is 11.1. The number of carbonyl (C=O) groups excluding carboxylic acids is 1. The van der Waals surface area contributed by atoms with Crippen LogP contribution in [-0.2, 0) is 22.4 Å². The Labute approximate surface area is 198 Å². The van der Waals surface area contributed by atoms with Gasteiger partial charge in [0.05, 0.1) is 12.1 Å². The molecule has 1 aromatic heterocycles. The van der Waals surface area contributed by atoms with E-state index in [1.165, 1.54) is 18.8 Å². The molecule has 0 unspecified atom stereocenters. The molecular weight excluding hydrogens is 436 g/mol. The summed E-state index contributed by atoms with van der Waals surface area (Å²) in [5.74, 6) is -1.31. The molecule has 0 bridgehead atoms. The number of hydrogen-bond donors (Lipinski definition) is 1. The van der Waals surface area contributed by atoms with Crippen molar-refractivity contribution in [2.45, 2.75) is 45.9 Å². The molecule has 0 saturated carbocycles. The van der Waals surface area contributed by atoms with Gasteiger partial charge in [0.1, 0.15) is 5.69 Å². The maximum atomic E-state index is 13.4. The van der Waals surface area contributed by atoms with Crippen LogP contribution in [0, 0.1) is 0 Å². The molecule has 0 aliphatic carbocycles. The number of rotatable bonds is 10. The van der Waals surface area contributed by atoms with Crippen LogP contribution in [0.1, 0.15) is 65.1 Å². The number of methoxy groups -OCH3 is 2. The van der Waals surface area contributed by atoms with Gasteiger partial charge < -0.3 is 14.6 Å². The van der Waals surface area contributed by atoms with Crippen molar-refractivity contribution in [3.05, 3.63) is 81.5 Å². The zero-order valence-electron chi connectivity index (χ0n) is 19.9. The molecule has 8 heteroatoms. The van der Waals surface area contributed by atoms with Crippen molar-refractivity contribution in [3.8, 4) is 11.1 Å². The van der Waals surface area contributed by atoms with E-state index in [1.807, 2.05) is 31.2 Å². The van der Waals surface area contributed by atoms with E-state index in [9.17, 15) is 19.5 Å². The van der Waals surface area contributed by atoms with Gasteiger partial charge in [-0.25, -0.2) is 14.2 Å². The second-order valence-electron chi connectivity index (χ2n) is 7.88. The van der Waals surface area contributed by atoms with Gasteiger partial charge in [0, 0.05) is 26.3 Å². The van der Waals surface area contributed by atoms with Crippen LogP contribution in [0.25, 0.3) is 11.1 Å². The molecule has 0 radical (unpaired) electrons. The number of carbonyl (C=O) groups is 2. The molecule has 0 aliphatic heterocycles. The molecule has 1 heterocycles. The van der Waals surface area contributed by atoms with E-state index < -0.39 is 17.9 Å². The Hall–Kier alpha value is -3.49. The molecular formula is C26H30N2O6. The SMILES string of the molecule is CCCc1c(C(OC)OC)n(C(=O)CC)c(=O)n1Cc1ccc(-c2ccccc2C(=O)O)cc1. The van der Waals surface area contributed by atoms with Gasteiger partial charge in [-0.1, -0.05) is 62.7 Å². The maximum Gasteiger partial charge on any atom is 0.336 e. The topological polar surface area (TPSA) is 99.8 Å². The van der Waals surface area contributed by atoms with Gasteiger partial charge in [0.15, 0.2) is 0 Å². The molecule has 3 rings (SSSR count). The Morgan fingerprint density at radius 1 is 1.00 bits per heavy atom. The van der Waals surface area contributed by atoms with Crippen LogP contribution >= 0.6 is 0 Å². The number of ether oxygens (including phenoxy) is 2. The van der Waals surface area contributed by atoms with Gasteiger partial charge in [-0.2, -0.15) is 0 Å². The van der Waals surface area contributed by atoms with Crippen molar-refractivity contribution in [3.63, 3.8) is 0 Å². The number of benzene rings is 2. The molecule has 0 amide bonds. The van der Waals surface area contributed by atoms with Crippen molar-refractivity contribution < 1.29 is 24.2 Å². The summed E-state index contributed by atoms with van der Waals surface area (Å²) in [4.78, 5) is 37.6. The predicted molar refractivity (Wildman–Crippen MR) is 128 cm³/mol. The van der Waals surface area contributed by atoms with Gasteiger partial charge in [-0.05, 0) is 29.2 Å². The minimum Gasteiger partial charge on any atom is -0.478 e. The van der Waals surface area contributed by atoms with E-state index in [0.29, 0.717) is 23.4 Å². The standard InChI is InChI=1S/C26H30N2O6/c1-5-9-21-23(25(33-3)34-4)28(22(29)6-2)26(32)27(21)16-17-12-14-18(15-13-17)19-10-7-8-11-20(19)24(30)31/h7-8,10-15,25H,5-6,9,16H2,1-4H3,(H,30,31). The Morgan fingerprint density at radius 2 is 1.65 bits per heavy atom. The molecule has 0 atom stereocenters. The summed E-state index contributed by atoms with van der Waals surface area (Å²) in [5, 5.41) is 9.48. The highest BCUT2D eigenvalue weighted by Gasteiger charge is 2.28. The van der Waals surface area contributed by atoms with Crippen LogP contribution < -0.4 is 5.69 Å². The zero-order chi connectivity index (χ0) is 24.8. The minimum atomic E-state index is -0.990. The summed E-state index contributed by atoms with van der Waals surface area (Å²) in [6.45, 7) is 3.96. The van der Waals surface area contributed by atoms with E-state index in [-0.39, 0.29) is 24.4 Å². The summed E-state index contributed by atoms with van der Waals surface area (Å²) in [6.07, 6.45) is 0.658. The fourth-order valence-corrected chi connectivity index (χ4v) is 4.12. The summed E-state index contributed by atoms with van der Waals surface area (Å²) < 4.78 is 13.6. The fraction of sp³-hybridized carbons (Fsp3) is 0.346. The van der Waals surface area contributed by atoms with E-state index >= 15 is 0 Å². The zero-order valence-corrected chi connectivity index (χ0v) is 19.9. The monoisotopic (exact) mass is 466 g/mol. The average molecular weight is 467 g/mol. The molecule has 0 saturated heterocycles. The molecule has 34 heavy (non-hydrogen) atoms. The number of nitrogens with zero attached hydrogens (tertiary/aromatic N) is 2. The Kier molecular flexibility index (Phi) is 8.20. The quantitative estimate of drug-likeness (QED) is 0.446. The number of aromatic carboxylic acids is 1. The van der Waals surface area contributed by atoms with E-state index in [0.717, 1.165) is 17.5 Å². The van der Waals surface area contributed by atoms with Crippen LogP contribution in [0.5, 0.6) is 0 Å². The summed E-state index contributed by atoms with van der Waals surface area (Å²) >= 11 is 0. The number of carboxylic acid groups (broad SMARTS) is 1. The molecule has 0 aliphatic rings. The first-order valence-corrected chi connectivity index (χ1v) is 11.2. The lowest BCUT2D eigenvalue weighted by atomic mass is 9.99. The van der Waals surface area contributed by atoms with Crippen molar-refractivity contribution >= 4 is 11.9 Å². The van der Waals surface area contributed by atoms with E-state index in [1.54, 1.807) is 35.8 Å². The minimum absolute atomic E-state index is 0.167. The van der Waals surface area contributed by atoms with Crippen LogP contribution in [0.2, 0.25) is 0 Å². The van der Waals surface area contributed by atoms with Gasteiger partial charge in [-0.3, -0.25) is 9.36 Å². The molecule has 0 spiro atoms. The maximum absolute atomic E-state index is 13.4. The van der Waals surface area contributed by atoms with Crippen molar-refractivity contribution in [1.82, 2.24) is 9.13 Å². The average Bonchev–Trinajstić information content (AvgIpc) is 3.11. The number of aromatic nitrogens is 2. The summed E-state index contributed by atoms with van der Waals surface area (Å²) in [5.41, 5.74) is 3.15. The highest BCUT2D eigenvalue weighted by atomic mass is 16.7. The third-order valence-corrected chi connectivity index (χ3v) is 5.74. The largest absolute Gasteiger partial charge is 0.478 e. The first kappa shape index (κ1) is 25.1. The third-order valence-electron chi connectivity index (χ3n) is 5.74. The summed E-state index contributed by atoms with van der Waals surface area (Å²) in [7, 11) is 2.94. The lowest BCUT2D eigenvalue weighted by molar-refractivity contribution is -0.110. The molecule has 2 aromatic carbocycles. The molecule has 0 fully saturated rings. The van der Waals surface area contributed by atoms with Crippen LogP contribution in [0.15, 0.2) is 53.3 Å². The van der Waals surface area contributed by atoms with Gasteiger partial charge in [0.2, 0.25) is 12.2 Å². The lowest BCUT2D eigenvalue weighted by Gasteiger charge is -2.17. The number of hydrogen-bond acceptors (Lipinski definition) is 5. The molecule has 180 valence electrons. The van der Waals surface area contributed by atoms with Crippen molar-refractivity contribution in [2.75, 3.05) is 14.2 Å². The van der Waals surface area contributed by atoms with E-state index in [4.69, 9.17) is 9.47 Å². The highest BCUT2D eigenvalue weighted by molar-refractivity contribution is 5.96. The third kappa shape index (κ3) is 4.88. The lowest BCUT2D eigenvalue weighted by Crippen LogP contribution is -2.31. The van der Waals surface area contributed by atoms with Crippen LogP contribution in [-0.4, -0.2) is 40.3 Å². The molecule has 3 aromatic rings. The second-order valence-corrected chi connectivity index (χ2v) is 7.88. The highest BCUT2D eigenvalue weighted by Crippen LogP contribution is 2.26. The van der Waals surface area contributed by atoms with Crippen molar-refractivity contribution in [2.24, 2.45) is 0 Å². The molecule has 1 N–H and O–H groups in total. The first-order valence-electron chi connectivity index (χ1n) is 11.2. The Bertz CT molecular complexity index is 1220. The van der Waals surface area contributed by atoms with Crippen molar-refractivity contribution in [1.29, 1.82) is 0 Å². The van der Waals surface area contributed by atoms with Crippen LogP contribution in [0.3, 0.4) is 0 Å². The normalized spacial score (nSPS) is 11.2. The smallest absolute Gasteiger partial charge is 0.336 e. The van der Waals surface area contributed by atoms with Crippen LogP contribution in [0.4, 0.5) is 0 Å². The Balaban J connectivity index is 2.07. The number of carboxylic acids is 1.